The van der Waals surface area contributed by atoms with Crippen LogP contribution < -0.4 is 5.73 Å². The van der Waals surface area contributed by atoms with Gasteiger partial charge in [-0.25, -0.2) is 4.98 Å². The molecule has 1 aromatic rings. The number of nitrogens with zero attached hydrogens (tertiary/aromatic N) is 2. The highest BCUT2D eigenvalue weighted by Gasteiger charge is 2.13. The highest BCUT2D eigenvalue weighted by Crippen LogP contribution is 2.19. The largest absolute Gasteiger partial charge is 0.384 e. The molecule has 0 bridgehead atoms. The van der Waals surface area contributed by atoms with E-state index >= 15 is 0 Å². The highest BCUT2D eigenvalue weighted by molar-refractivity contribution is 5.38. The molecule has 0 saturated carbocycles. The van der Waals surface area contributed by atoms with Crippen molar-refractivity contribution >= 4 is 5.82 Å². The summed E-state index contributed by atoms with van der Waals surface area (Å²) in [6, 6.07) is 0. The van der Waals surface area contributed by atoms with Gasteiger partial charge in [-0.3, -0.25) is 0 Å². The molecule has 104 valence electrons. The molecule has 0 aromatic carbocycles. The van der Waals surface area contributed by atoms with E-state index in [1.165, 1.54) is 37.9 Å². The van der Waals surface area contributed by atoms with Crippen molar-refractivity contribution in [2.45, 2.75) is 78.7 Å². The summed E-state index contributed by atoms with van der Waals surface area (Å²) in [7, 11) is 0. The number of rotatable bonds is 9. The number of anilines is 1. The smallest absolute Gasteiger partial charge is 0.126 e. The molecule has 1 aromatic heterocycles. The minimum atomic E-state index is 0.919. The van der Waals surface area contributed by atoms with Crippen molar-refractivity contribution in [1.82, 2.24) is 9.55 Å². The van der Waals surface area contributed by atoms with E-state index in [0.29, 0.717) is 0 Å². The first-order valence-electron chi connectivity index (χ1n) is 7.58. The van der Waals surface area contributed by atoms with Gasteiger partial charge in [0.05, 0.1) is 5.69 Å². The maximum Gasteiger partial charge on any atom is 0.126 e. The van der Waals surface area contributed by atoms with Crippen LogP contribution in [0.1, 0.15) is 70.8 Å². The van der Waals surface area contributed by atoms with Crippen molar-refractivity contribution in [3.63, 3.8) is 0 Å². The van der Waals surface area contributed by atoms with Gasteiger partial charge in [-0.15, -0.1) is 0 Å². The first kappa shape index (κ1) is 15.1. The van der Waals surface area contributed by atoms with Gasteiger partial charge in [-0.2, -0.15) is 0 Å². The molecule has 1 heterocycles. The number of nitrogen functional groups attached to an aromatic ring is 1. The topological polar surface area (TPSA) is 43.8 Å². The van der Waals surface area contributed by atoms with Crippen molar-refractivity contribution in [3.05, 3.63) is 11.5 Å². The van der Waals surface area contributed by atoms with E-state index in [0.717, 1.165) is 37.3 Å². The van der Waals surface area contributed by atoms with E-state index in [1.807, 2.05) is 0 Å². The van der Waals surface area contributed by atoms with Gasteiger partial charge < -0.3 is 10.3 Å². The molecule has 1 rings (SSSR count). The van der Waals surface area contributed by atoms with Crippen LogP contribution in [0.2, 0.25) is 0 Å². The van der Waals surface area contributed by atoms with Crippen molar-refractivity contribution in [1.29, 1.82) is 0 Å². The zero-order valence-electron chi connectivity index (χ0n) is 12.3. The number of unbranched alkanes of at least 4 members (excludes halogenated alkanes) is 3. The Labute approximate surface area is 112 Å². The lowest BCUT2D eigenvalue weighted by molar-refractivity contribution is 0.604. The Morgan fingerprint density at radius 3 is 2.28 bits per heavy atom. The first-order chi connectivity index (χ1) is 8.74. The Morgan fingerprint density at radius 2 is 1.67 bits per heavy atom. The van der Waals surface area contributed by atoms with Gasteiger partial charge in [-0.05, 0) is 25.7 Å². The van der Waals surface area contributed by atoms with E-state index in [-0.39, 0.29) is 0 Å². The fraction of sp³-hybridized carbons (Fsp3) is 0.800. The molecule has 0 aliphatic heterocycles. The van der Waals surface area contributed by atoms with Crippen molar-refractivity contribution in [2.24, 2.45) is 0 Å². The van der Waals surface area contributed by atoms with Gasteiger partial charge in [0, 0.05) is 13.0 Å². The Balaban J connectivity index is 2.77. The number of imidazole rings is 1. The second-order valence-corrected chi connectivity index (χ2v) is 5.07. The minimum absolute atomic E-state index is 0.919. The van der Waals surface area contributed by atoms with Crippen LogP contribution in [-0.4, -0.2) is 9.55 Å². The van der Waals surface area contributed by atoms with Gasteiger partial charge in [0.25, 0.3) is 0 Å². The van der Waals surface area contributed by atoms with Crippen molar-refractivity contribution in [3.8, 4) is 0 Å². The maximum absolute atomic E-state index is 6.26. The van der Waals surface area contributed by atoms with Crippen LogP contribution in [0.4, 0.5) is 5.82 Å². The van der Waals surface area contributed by atoms with Crippen LogP contribution in [0, 0.1) is 0 Å². The van der Waals surface area contributed by atoms with Gasteiger partial charge in [0.1, 0.15) is 11.6 Å². The molecule has 0 saturated heterocycles. The average Bonchev–Trinajstić information content (AvgIpc) is 2.65. The zero-order valence-corrected chi connectivity index (χ0v) is 12.3. The monoisotopic (exact) mass is 251 g/mol. The number of aryl methyl sites for hydroxylation is 2. The van der Waals surface area contributed by atoms with E-state index in [1.54, 1.807) is 0 Å². The molecule has 3 nitrogen and oxygen atoms in total. The second-order valence-electron chi connectivity index (χ2n) is 5.07. The second kappa shape index (κ2) is 8.17. The predicted octanol–water partition coefficient (Wildman–Crippen LogP) is 3.95. The number of hydrogen-bond acceptors (Lipinski definition) is 2. The first-order valence-corrected chi connectivity index (χ1v) is 7.58. The Morgan fingerprint density at radius 1 is 0.944 bits per heavy atom. The summed E-state index contributed by atoms with van der Waals surface area (Å²) < 4.78 is 2.24. The minimum Gasteiger partial charge on any atom is -0.384 e. The van der Waals surface area contributed by atoms with Crippen LogP contribution in [-0.2, 0) is 19.4 Å². The summed E-state index contributed by atoms with van der Waals surface area (Å²) in [5.74, 6) is 2.11. The van der Waals surface area contributed by atoms with Gasteiger partial charge in [-0.1, -0.05) is 40.0 Å². The van der Waals surface area contributed by atoms with E-state index in [9.17, 15) is 0 Å². The maximum atomic E-state index is 6.26. The lowest BCUT2D eigenvalue weighted by atomic mass is 10.1. The third kappa shape index (κ3) is 4.04. The molecule has 0 amide bonds. The normalized spacial score (nSPS) is 11.1. The molecular weight excluding hydrogens is 222 g/mol. The van der Waals surface area contributed by atoms with Crippen molar-refractivity contribution < 1.29 is 0 Å². The summed E-state index contributed by atoms with van der Waals surface area (Å²) >= 11 is 0. The molecule has 0 unspecified atom stereocenters. The van der Waals surface area contributed by atoms with E-state index in [2.05, 4.69) is 25.3 Å². The van der Waals surface area contributed by atoms with E-state index < -0.39 is 0 Å². The standard InChI is InChI=1S/C15H29N3/c1-4-7-9-11-13-15(16)18(12-8-5-2)14(17-13)10-6-3/h4-12,16H2,1-3H3. The summed E-state index contributed by atoms with van der Waals surface area (Å²) in [6.07, 6.45) is 9.33. The molecule has 2 N–H and O–H groups in total. The fourth-order valence-electron chi connectivity index (χ4n) is 2.27. The molecule has 0 fully saturated rings. The zero-order chi connectivity index (χ0) is 13.4. The summed E-state index contributed by atoms with van der Waals surface area (Å²) in [6.45, 7) is 7.67. The Hall–Kier alpha value is -0.990. The Kier molecular flexibility index (Phi) is 6.84. The predicted molar refractivity (Wildman–Crippen MR) is 78.8 cm³/mol. The van der Waals surface area contributed by atoms with Crippen LogP contribution in [0.3, 0.4) is 0 Å². The highest BCUT2D eigenvalue weighted by atomic mass is 15.1. The third-order valence-corrected chi connectivity index (χ3v) is 3.39. The SMILES string of the molecule is CCCCCc1nc(CCC)n(CCCC)c1N. The van der Waals surface area contributed by atoms with Crippen LogP contribution >= 0.6 is 0 Å². The third-order valence-electron chi connectivity index (χ3n) is 3.39. The van der Waals surface area contributed by atoms with Gasteiger partial charge in [0.15, 0.2) is 0 Å². The van der Waals surface area contributed by atoms with Crippen LogP contribution in [0.15, 0.2) is 0 Å². The van der Waals surface area contributed by atoms with Gasteiger partial charge >= 0.3 is 0 Å². The molecule has 0 spiro atoms. The molecule has 3 heteroatoms. The summed E-state index contributed by atoms with van der Waals surface area (Å²) in [4.78, 5) is 4.76. The summed E-state index contributed by atoms with van der Waals surface area (Å²) in [5, 5.41) is 0. The Bertz CT molecular complexity index is 342. The van der Waals surface area contributed by atoms with E-state index in [4.69, 9.17) is 10.7 Å². The quantitative estimate of drug-likeness (QED) is 0.675. The van der Waals surface area contributed by atoms with Crippen LogP contribution in [0.25, 0.3) is 0 Å². The molecule has 0 atom stereocenters. The lowest BCUT2D eigenvalue weighted by Crippen LogP contribution is -2.07. The molecular formula is C15H29N3. The fourth-order valence-corrected chi connectivity index (χ4v) is 2.27. The molecule has 0 aliphatic carbocycles. The molecule has 0 aliphatic rings. The average molecular weight is 251 g/mol. The van der Waals surface area contributed by atoms with Crippen molar-refractivity contribution in [2.75, 3.05) is 5.73 Å². The molecule has 18 heavy (non-hydrogen) atoms. The lowest BCUT2D eigenvalue weighted by Gasteiger charge is -2.08. The van der Waals surface area contributed by atoms with Gasteiger partial charge in [0.2, 0.25) is 0 Å². The number of hydrogen-bond donors (Lipinski definition) is 1. The molecule has 0 radical (unpaired) electrons. The number of nitrogens with two attached hydrogens (primary N) is 1. The van der Waals surface area contributed by atoms with Crippen LogP contribution in [0.5, 0.6) is 0 Å². The number of aromatic nitrogens is 2. The summed E-state index contributed by atoms with van der Waals surface area (Å²) in [5.41, 5.74) is 7.39.